The number of nitrogens with zero attached hydrogens (tertiary/aromatic N) is 3. The van der Waals surface area contributed by atoms with Gasteiger partial charge >= 0.3 is 0 Å². The number of benzene rings is 2. The third-order valence-corrected chi connectivity index (χ3v) is 5.12. The first-order chi connectivity index (χ1) is 13.2. The number of anilines is 2. The molecule has 0 aliphatic carbocycles. The van der Waals surface area contributed by atoms with Crippen LogP contribution in [-0.4, -0.2) is 21.5 Å². The van der Waals surface area contributed by atoms with Gasteiger partial charge < -0.3 is 9.88 Å². The SMILES string of the molecule is Cc1ccc2c(c1)N(c1ncnc3ccc(-c4ccc(=O)[nH]c4)cc13)CC2. The number of pyridine rings is 1. The minimum absolute atomic E-state index is 0.104. The van der Waals surface area contributed by atoms with Crippen LogP contribution < -0.4 is 10.5 Å². The molecule has 5 heteroatoms. The highest BCUT2D eigenvalue weighted by Crippen LogP contribution is 2.37. The molecule has 0 unspecified atom stereocenters. The average Bonchev–Trinajstić information content (AvgIpc) is 3.10. The fourth-order valence-electron chi connectivity index (χ4n) is 3.74. The summed E-state index contributed by atoms with van der Waals surface area (Å²) in [7, 11) is 0. The maximum absolute atomic E-state index is 11.4. The Morgan fingerprint density at radius 1 is 1.00 bits per heavy atom. The monoisotopic (exact) mass is 354 g/mol. The van der Waals surface area contributed by atoms with E-state index >= 15 is 0 Å². The van der Waals surface area contributed by atoms with Gasteiger partial charge in [0.05, 0.1) is 5.52 Å². The largest absolute Gasteiger partial charge is 0.328 e. The number of aromatic amines is 1. The van der Waals surface area contributed by atoms with Gasteiger partial charge in [0.1, 0.15) is 12.1 Å². The van der Waals surface area contributed by atoms with Crippen molar-refractivity contribution in [2.75, 3.05) is 11.4 Å². The van der Waals surface area contributed by atoms with Crippen molar-refractivity contribution in [1.82, 2.24) is 15.0 Å². The van der Waals surface area contributed by atoms with Crippen molar-refractivity contribution in [3.05, 3.63) is 82.5 Å². The first-order valence-corrected chi connectivity index (χ1v) is 9.00. The predicted molar refractivity (Wildman–Crippen MR) is 107 cm³/mol. The van der Waals surface area contributed by atoms with Gasteiger partial charge in [-0.3, -0.25) is 4.79 Å². The maximum atomic E-state index is 11.4. The lowest BCUT2D eigenvalue weighted by atomic mass is 10.0. The summed E-state index contributed by atoms with van der Waals surface area (Å²) in [6.07, 6.45) is 4.38. The van der Waals surface area contributed by atoms with Crippen LogP contribution in [0.1, 0.15) is 11.1 Å². The molecule has 3 heterocycles. The van der Waals surface area contributed by atoms with Gasteiger partial charge in [-0.05, 0) is 59.9 Å². The highest BCUT2D eigenvalue weighted by Gasteiger charge is 2.23. The zero-order valence-corrected chi connectivity index (χ0v) is 14.9. The summed E-state index contributed by atoms with van der Waals surface area (Å²) in [4.78, 5) is 25.4. The highest BCUT2D eigenvalue weighted by molar-refractivity contribution is 5.95. The van der Waals surface area contributed by atoms with Crippen LogP contribution in [0.4, 0.5) is 11.5 Å². The van der Waals surface area contributed by atoms with E-state index in [0.29, 0.717) is 0 Å². The normalized spacial score (nSPS) is 13.1. The van der Waals surface area contributed by atoms with Crippen molar-refractivity contribution in [3.8, 4) is 11.1 Å². The quantitative estimate of drug-likeness (QED) is 0.591. The fraction of sp³-hybridized carbons (Fsp3) is 0.136. The second-order valence-corrected chi connectivity index (χ2v) is 6.90. The molecule has 0 saturated heterocycles. The Labute approximate surface area is 156 Å². The zero-order valence-electron chi connectivity index (χ0n) is 14.9. The van der Waals surface area contributed by atoms with Gasteiger partial charge in [-0.15, -0.1) is 0 Å². The number of aryl methyl sites for hydroxylation is 1. The van der Waals surface area contributed by atoms with Gasteiger partial charge in [0.2, 0.25) is 5.56 Å². The number of nitrogens with one attached hydrogen (secondary N) is 1. The van der Waals surface area contributed by atoms with E-state index in [4.69, 9.17) is 0 Å². The molecule has 1 aliphatic heterocycles. The molecule has 132 valence electrons. The fourth-order valence-corrected chi connectivity index (χ4v) is 3.74. The van der Waals surface area contributed by atoms with Crippen LogP contribution >= 0.6 is 0 Å². The average molecular weight is 354 g/mol. The molecule has 0 amide bonds. The van der Waals surface area contributed by atoms with Crippen molar-refractivity contribution in [2.45, 2.75) is 13.3 Å². The van der Waals surface area contributed by atoms with E-state index in [1.165, 1.54) is 16.8 Å². The second-order valence-electron chi connectivity index (χ2n) is 6.90. The molecule has 5 nitrogen and oxygen atoms in total. The molecule has 0 saturated carbocycles. The lowest BCUT2D eigenvalue weighted by Crippen LogP contribution is -2.15. The van der Waals surface area contributed by atoms with Gasteiger partial charge in [0, 0.05) is 29.9 Å². The van der Waals surface area contributed by atoms with Crippen LogP contribution in [0.5, 0.6) is 0 Å². The number of hydrogen-bond donors (Lipinski definition) is 1. The molecule has 2 aromatic carbocycles. The molecule has 27 heavy (non-hydrogen) atoms. The molecule has 0 radical (unpaired) electrons. The summed E-state index contributed by atoms with van der Waals surface area (Å²) in [5.41, 5.74) is 6.62. The molecule has 1 aliphatic rings. The van der Waals surface area contributed by atoms with Gasteiger partial charge in [0.15, 0.2) is 0 Å². The predicted octanol–water partition coefficient (Wildman–Crippen LogP) is 3.99. The van der Waals surface area contributed by atoms with E-state index in [-0.39, 0.29) is 5.56 Å². The van der Waals surface area contributed by atoms with E-state index in [1.54, 1.807) is 18.6 Å². The second kappa shape index (κ2) is 6.06. The van der Waals surface area contributed by atoms with Crippen LogP contribution in [0.25, 0.3) is 22.0 Å². The van der Waals surface area contributed by atoms with Crippen LogP contribution in [0.15, 0.2) is 65.8 Å². The molecule has 0 atom stereocenters. The maximum Gasteiger partial charge on any atom is 0.247 e. The van der Waals surface area contributed by atoms with Crippen molar-refractivity contribution < 1.29 is 0 Å². The third kappa shape index (κ3) is 2.68. The number of aromatic nitrogens is 3. The Kier molecular flexibility index (Phi) is 3.53. The Morgan fingerprint density at radius 2 is 1.89 bits per heavy atom. The minimum Gasteiger partial charge on any atom is -0.328 e. The van der Waals surface area contributed by atoms with Gasteiger partial charge in [0.25, 0.3) is 0 Å². The van der Waals surface area contributed by atoms with Crippen molar-refractivity contribution in [2.24, 2.45) is 0 Å². The lowest BCUT2D eigenvalue weighted by molar-refractivity contribution is 0.974. The zero-order chi connectivity index (χ0) is 18.4. The topological polar surface area (TPSA) is 61.9 Å². The van der Waals surface area contributed by atoms with Gasteiger partial charge in [-0.1, -0.05) is 18.2 Å². The molecular formula is C22H18N4O. The van der Waals surface area contributed by atoms with Crippen LogP contribution in [0, 0.1) is 6.92 Å². The Balaban J connectivity index is 1.68. The number of fused-ring (bicyclic) bond motifs is 2. The van der Waals surface area contributed by atoms with E-state index < -0.39 is 0 Å². The van der Waals surface area contributed by atoms with E-state index in [9.17, 15) is 4.79 Å². The Hall–Kier alpha value is -3.47. The minimum atomic E-state index is -0.104. The standard InChI is InChI=1S/C22H18N4O/c1-14-2-3-15-8-9-26(20(15)10-14)22-18-11-16(4-6-19(18)24-13-25-22)17-5-7-21(27)23-12-17/h2-7,10-13H,8-9H2,1H3,(H,23,27). The van der Waals surface area contributed by atoms with E-state index in [0.717, 1.165) is 40.8 Å². The van der Waals surface area contributed by atoms with Gasteiger partial charge in [-0.2, -0.15) is 0 Å². The number of H-pyrrole nitrogens is 1. The first-order valence-electron chi connectivity index (χ1n) is 9.00. The van der Waals surface area contributed by atoms with Crippen molar-refractivity contribution >= 4 is 22.4 Å². The molecular weight excluding hydrogens is 336 g/mol. The summed E-state index contributed by atoms with van der Waals surface area (Å²) in [6, 6.07) is 16.1. The summed E-state index contributed by atoms with van der Waals surface area (Å²) in [5, 5.41) is 1.01. The number of hydrogen-bond acceptors (Lipinski definition) is 4. The van der Waals surface area contributed by atoms with Gasteiger partial charge in [-0.25, -0.2) is 9.97 Å². The first kappa shape index (κ1) is 15.8. The van der Waals surface area contributed by atoms with E-state index in [1.807, 2.05) is 18.2 Å². The van der Waals surface area contributed by atoms with Crippen LogP contribution in [0.3, 0.4) is 0 Å². The molecule has 0 bridgehead atoms. The molecule has 1 N–H and O–H groups in total. The highest BCUT2D eigenvalue weighted by atomic mass is 16.1. The smallest absolute Gasteiger partial charge is 0.247 e. The molecule has 2 aromatic heterocycles. The van der Waals surface area contributed by atoms with Crippen LogP contribution in [-0.2, 0) is 6.42 Å². The third-order valence-electron chi connectivity index (χ3n) is 5.12. The van der Waals surface area contributed by atoms with Crippen molar-refractivity contribution in [3.63, 3.8) is 0 Å². The van der Waals surface area contributed by atoms with Crippen molar-refractivity contribution in [1.29, 1.82) is 0 Å². The summed E-state index contributed by atoms with van der Waals surface area (Å²) in [5.74, 6) is 0.927. The molecule has 0 fully saturated rings. The Morgan fingerprint density at radius 3 is 2.74 bits per heavy atom. The molecule has 4 aromatic rings. The summed E-state index contributed by atoms with van der Waals surface area (Å²) >= 11 is 0. The van der Waals surface area contributed by atoms with Crippen LogP contribution in [0.2, 0.25) is 0 Å². The number of rotatable bonds is 2. The molecule has 0 spiro atoms. The summed E-state index contributed by atoms with van der Waals surface area (Å²) in [6.45, 7) is 3.02. The molecule has 5 rings (SSSR count). The summed E-state index contributed by atoms with van der Waals surface area (Å²) < 4.78 is 0. The van der Waals surface area contributed by atoms with E-state index in [2.05, 4.69) is 51.0 Å². The lowest BCUT2D eigenvalue weighted by Gasteiger charge is -2.20. The Bertz CT molecular complexity index is 1210.